The lowest BCUT2D eigenvalue weighted by atomic mass is 10.1. The van der Waals surface area contributed by atoms with Crippen LogP contribution in [0.3, 0.4) is 0 Å². The van der Waals surface area contributed by atoms with E-state index >= 15 is 0 Å². The van der Waals surface area contributed by atoms with E-state index in [2.05, 4.69) is 15.9 Å². The molecule has 1 aromatic heterocycles. The summed E-state index contributed by atoms with van der Waals surface area (Å²) >= 11 is 3.20. The lowest BCUT2D eigenvalue weighted by molar-refractivity contribution is 0.101. The molecular formula is C14H7BrFNO2. The maximum absolute atomic E-state index is 13.6. The lowest BCUT2D eigenvalue weighted by Gasteiger charge is -1.99. The first-order chi connectivity index (χ1) is 9.11. The van der Waals surface area contributed by atoms with Gasteiger partial charge in [0.1, 0.15) is 17.5 Å². The predicted octanol–water partition coefficient (Wildman–Crippen LogP) is 3.97. The molecule has 3 nitrogen and oxygen atoms in total. The molecule has 19 heavy (non-hydrogen) atoms. The molecule has 0 atom stereocenters. The Labute approximate surface area is 117 Å². The Hall–Kier alpha value is -2.19. The Bertz CT molecular complexity index is 684. The van der Waals surface area contributed by atoms with Crippen molar-refractivity contribution in [3.05, 3.63) is 63.8 Å². The smallest absolute Gasteiger partial charge is 0.238 e. The summed E-state index contributed by atoms with van der Waals surface area (Å²) < 4.78 is 19.1. The van der Waals surface area contributed by atoms with Gasteiger partial charge in [0, 0.05) is 10.0 Å². The molecule has 0 aliphatic heterocycles. The molecule has 0 unspecified atom stereocenters. The van der Waals surface area contributed by atoms with Gasteiger partial charge in [0.15, 0.2) is 5.76 Å². The Morgan fingerprint density at radius 3 is 2.84 bits per heavy atom. The van der Waals surface area contributed by atoms with Crippen LogP contribution < -0.4 is 0 Å². The van der Waals surface area contributed by atoms with Crippen LogP contribution >= 0.6 is 15.9 Å². The molecule has 0 aliphatic carbocycles. The molecule has 1 heterocycles. The van der Waals surface area contributed by atoms with Gasteiger partial charge in [-0.25, -0.2) is 4.39 Å². The number of allylic oxidation sites excluding steroid dienone is 1. The summed E-state index contributed by atoms with van der Waals surface area (Å²) in [7, 11) is 0. The second-order valence-electron chi connectivity index (χ2n) is 3.64. The van der Waals surface area contributed by atoms with Crippen LogP contribution in [0.25, 0.3) is 6.08 Å². The molecule has 0 N–H and O–H groups in total. The number of carbonyl (C=O) groups excluding carboxylic acids is 1. The highest BCUT2D eigenvalue weighted by atomic mass is 79.9. The first-order valence-corrected chi connectivity index (χ1v) is 6.06. The van der Waals surface area contributed by atoms with Gasteiger partial charge in [-0.15, -0.1) is 0 Å². The Kier molecular flexibility index (Phi) is 3.93. The number of carbonyl (C=O) groups is 1. The van der Waals surface area contributed by atoms with Gasteiger partial charge in [-0.1, -0.05) is 15.9 Å². The summed E-state index contributed by atoms with van der Waals surface area (Å²) in [6.45, 7) is 0. The van der Waals surface area contributed by atoms with Gasteiger partial charge >= 0.3 is 0 Å². The largest absolute Gasteiger partial charge is 0.461 e. The summed E-state index contributed by atoms with van der Waals surface area (Å²) in [5.41, 5.74) is -0.0298. The zero-order valence-corrected chi connectivity index (χ0v) is 11.1. The molecule has 2 aromatic rings. The van der Waals surface area contributed by atoms with Gasteiger partial charge in [-0.05, 0) is 36.4 Å². The normalized spacial score (nSPS) is 11.1. The van der Waals surface area contributed by atoms with Crippen molar-refractivity contribution in [2.45, 2.75) is 0 Å². The Morgan fingerprint density at radius 2 is 2.21 bits per heavy atom. The summed E-state index contributed by atoms with van der Waals surface area (Å²) in [6, 6.07) is 9.02. The number of nitriles is 1. The second kappa shape index (κ2) is 5.63. The van der Waals surface area contributed by atoms with E-state index in [-0.39, 0.29) is 16.9 Å². The van der Waals surface area contributed by atoms with E-state index in [1.807, 2.05) is 0 Å². The van der Waals surface area contributed by atoms with Crippen LogP contribution in [0.2, 0.25) is 0 Å². The standard InChI is InChI=1S/C14H7BrFNO2/c15-11-3-4-12(16)9(7-11)6-10(8-17)14(18)13-2-1-5-19-13/h1-7H/b10-6+. The fourth-order valence-corrected chi connectivity index (χ4v) is 1.85. The van der Waals surface area contributed by atoms with E-state index in [0.717, 1.165) is 0 Å². The van der Waals surface area contributed by atoms with Gasteiger partial charge in [-0.2, -0.15) is 5.26 Å². The minimum absolute atomic E-state index is 0.0446. The fraction of sp³-hybridized carbons (Fsp3) is 0. The number of benzene rings is 1. The van der Waals surface area contributed by atoms with Crippen molar-refractivity contribution in [2.75, 3.05) is 0 Å². The van der Waals surface area contributed by atoms with Gasteiger partial charge in [0.25, 0.3) is 0 Å². The predicted molar refractivity (Wildman–Crippen MR) is 70.7 cm³/mol. The molecule has 0 fully saturated rings. The van der Waals surface area contributed by atoms with Crippen molar-refractivity contribution in [3.8, 4) is 6.07 Å². The molecule has 0 bridgehead atoms. The first kappa shape index (κ1) is 13.2. The third-order valence-corrected chi connectivity index (χ3v) is 2.86. The molecule has 2 rings (SSSR count). The highest BCUT2D eigenvalue weighted by Crippen LogP contribution is 2.19. The summed E-state index contributed by atoms with van der Waals surface area (Å²) in [6.07, 6.45) is 2.53. The number of ketones is 1. The third kappa shape index (κ3) is 2.98. The van der Waals surface area contributed by atoms with Crippen LogP contribution in [-0.2, 0) is 0 Å². The number of rotatable bonds is 3. The maximum atomic E-state index is 13.6. The van der Waals surface area contributed by atoms with Gasteiger partial charge in [0.05, 0.1) is 6.26 Å². The average molecular weight is 320 g/mol. The summed E-state index contributed by atoms with van der Waals surface area (Å²) in [5.74, 6) is -1.04. The molecule has 94 valence electrons. The summed E-state index contributed by atoms with van der Waals surface area (Å²) in [4.78, 5) is 11.9. The summed E-state index contributed by atoms with van der Waals surface area (Å²) in [5, 5.41) is 9.00. The van der Waals surface area contributed by atoms with Crippen LogP contribution in [0.4, 0.5) is 4.39 Å². The van der Waals surface area contributed by atoms with Crippen LogP contribution in [0.5, 0.6) is 0 Å². The number of Topliss-reactive ketones (excluding diaryl/α,β-unsaturated/α-hetero) is 1. The van der Waals surface area contributed by atoms with E-state index in [4.69, 9.17) is 9.68 Å². The van der Waals surface area contributed by atoms with Crippen LogP contribution in [0.15, 0.2) is 51.1 Å². The van der Waals surface area contributed by atoms with E-state index in [9.17, 15) is 9.18 Å². The number of nitrogens with zero attached hydrogens (tertiary/aromatic N) is 1. The topological polar surface area (TPSA) is 54.0 Å². The number of hydrogen-bond donors (Lipinski definition) is 0. The van der Waals surface area contributed by atoms with Crippen LogP contribution in [0.1, 0.15) is 16.1 Å². The molecule has 0 saturated carbocycles. The van der Waals surface area contributed by atoms with E-state index in [0.29, 0.717) is 4.47 Å². The quantitative estimate of drug-likeness (QED) is 0.488. The molecule has 0 radical (unpaired) electrons. The van der Waals surface area contributed by atoms with Crippen molar-refractivity contribution in [3.63, 3.8) is 0 Å². The SMILES string of the molecule is N#C/C(=C\c1cc(Br)ccc1F)C(=O)c1ccco1. The van der Waals surface area contributed by atoms with Gasteiger partial charge in [0.2, 0.25) is 5.78 Å². The van der Waals surface area contributed by atoms with Crippen molar-refractivity contribution >= 4 is 27.8 Å². The minimum Gasteiger partial charge on any atom is -0.461 e. The molecular weight excluding hydrogens is 313 g/mol. The zero-order valence-electron chi connectivity index (χ0n) is 9.56. The highest BCUT2D eigenvalue weighted by Gasteiger charge is 2.15. The number of furan rings is 1. The van der Waals surface area contributed by atoms with Crippen LogP contribution in [0, 0.1) is 17.1 Å². The van der Waals surface area contributed by atoms with Gasteiger partial charge in [-0.3, -0.25) is 4.79 Å². The lowest BCUT2D eigenvalue weighted by Crippen LogP contribution is -2.00. The first-order valence-electron chi connectivity index (χ1n) is 5.27. The minimum atomic E-state index is -0.577. The van der Waals surface area contributed by atoms with Crippen molar-refractivity contribution in [2.24, 2.45) is 0 Å². The number of halogens is 2. The van der Waals surface area contributed by atoms with Crippen molar-refractivity contribution in [1.82, 2.24) is 0 Å². The molecule has 1 aromatic carbocycles. The molecule has 0 aliphatic rings. The van der Waals surface area contributed by atoms with Crippen molar-refractivity contribution < 1.29 is 13.6 Å². The zero-order chi connectivity index (χ0) is 13.8. The number of hydrogen-bond acceptors (Lipinski definition) is 3. The average Bonchev–Trinajstić information content (AvgIpc) is 2.93. The molecule has 0 amide bonds. The van der Waals surface area contributed by atoms with E-state index in [1.54, 1.807) is 12.1 Å². The maximum Gasteiger partial charge on any atom is 0.238 e. The fourth-order valence-electron chi connectivity index (χ4n) is 1.47. The molecule has 5 heteroatoms. The Morgan fingerprint density at radius 1 is 1.42 bits per heavy atom. The molecule has 0 spiro atoms. The van der Waals surface area contributed by atoms with Gasteiger partial charge < -0.3 is 4.42 Å². The van der Waals surface area contributed by atoms with E-state index < -0.39 is 11.6 Å². The Balaban J connectivity index is 2.42. The van der Waals surface area contributed by atoms with E-state index in [1.165, 1.54) is 36.6 Å². The van der Waals surface area contributed by atoms with Crippen molar-refractivity contribution in [1.29, 1.82) is 5.26 Å². The second-order valence-corrected chi connectivity index (χ2v) is 4.56. The molecule has 0 saturated heterocycles. The highest BCUT2D eigenvalue weighted by molar-refractivity contribution is 9.10. The third-order valence-electron chi connectivity index (χ3n) is 2.37. The van der Waals surface area contributed by atoms with Crippen LogP contribution in [-0.4, -0.2) is 5.78 Å². The monoisotopic (exact) mass is 319 g/mol.